The van der Waals surface area contributed by atoms with Crippen LogP contribution < -0.4 is 14.8 Å². The Morgan fingerprint density at radius 2 is 2.04 bits per heavy atom. The van der Waals surface area contributed by atoms with Crippen molar-refractivity contribution in [2.75, 3.05) is 26.8 Å². The molecule has 1 aromatic heterocycles. The third-order valence-electron chi connectivity index (χ3n) is 3.99. The highest BCUT2D eigenvalue weighted by molar-refractivity contribution is 5.73. The van der Waals surface area contributed by atoms with E-state index in [2.05, 4.69) is 15.5 Å². The number of carbonyl (C=O) groups is 1. The highest BCUT2D eigenvalue weighted by atomic mass is 16.6. The van der Waals surface area contributed by atoms with E-state index in [0.29, 0.717) is 44.4 Å². The number of urea groups is 1. The Morgan fingerprint density at radius 3 is 2.77 bits per heavy atom. The number of rotatable bonds is 6. The van der Waals surface area contributed by atoms with Gasteiger partial charge in [-0.05, 0) is 17.7 Å². The van der Waals surface area contributed by atoms with Gasteiger partial charge >= 0.3 is 6.03 Å². The lowest BCUT2D eigenvalue weighted by Gasteiger charge is -2.21. The molecule has 26 heavy (non-hydrogen) atoms. The molecule has 0 atom stereocenters. The number of hydrogen-bond donors (Lipinski definition) is 1. The molecule has 1 aromatic carbocycles. The Morgan fingerprint density at radius 1 is 1.27 bits per heavy atom. The third kappa shape index (κ3) is 4.44. The normalized spacial score (nSPS) is 12.9. The molecule has 0 fully saturated rings. The average Bonchev–Trinajstić information content (AvgIpc) is 3.10. The van der Waals surface area contributed by atoms with Gasteiger partial charge in [-0.15, -0.1) is 0 Å². The smallest absolute Gasteiger partial charge is 0.317 e. The Hall–Kier alpha value is -2.77. The van der Waals surface area contributed by atoms with Crippen molar-refractivity contribution < 1.29 is 18.8 Å². The SMILES string of the molecule is CC(C)c1noc(CCNC(=O)N(C)Cc2ccc3c(c2)OCCO3)n1. The van der Waals surface area contributed by atoms with Crippen LogP contribution in [0.15, 0.2) is 22.7 Å². The summed E-state index contributed by atoms with van der Waals surface area (Å²) in [5, 5.41) is 6.76. The Labute approximate surface area is 152 Å². The van der Waals surface area contributed by atoms with Gasteiger partial charge in [0.15, 0.2) is 17.3 Å². The lowest BCUT2D eigenvalue weighted by atomic mass is 10.2. The fourth-order valence-corrected chi connectivity index (χ4v) is 2.55. The van der Waals surface area contributed by atoms with Crippen molar-refractivity contribution >= 4 is 6.03 Å². The topological polar surface area (TPSA) is 89.7 Å². The zero-order valence-electron chi connectivity index (χ0n) is 15.3. The van der Waals surface area contributed by atoms with Crippen LogP contribution in [0.5, 0.6) is 11.5 Å². The lowest BCUT2D eigenvalue weighted by Crippen LogP contribution is -2.37. The largest absolute Gasteiger partial charge is 0.486 e. The highest BCUT2D eigenvalue weighted by Crippen LogP contribution is 2.31. The molecule has 0 saturated carbocycles. The monoisotopic (exact) mass is 360 g/mol. The van der Waals surface area contributed by atoms with Crippen molar-refractivity contribution in [3.63, 3.8) is 0 Å². The summed E-state index contributed by atoms with van der Waals surface area (Å²) in [4.78, 5) is 18.1. The van der Waals surface area contributed by atoms with Crippen molar-refractivity contribution in [2.24, 2.45) is 0 Å². The van der Waals surface area contributed by atoms with E-state index in [9.17, 15) is 4.79 Å². The number of carbonyl (C=O) groups excluding carboxylic acids is 1. The number of amides is 2. The summed E-state index contributed by atoms with van der Waals surface area (Å²) in [5.74, 6) is 2.90. The summed E-state index contributed by atoms with van der Waals surface area (Å²) in [6.45, 7) is 6.02. The van der Waals surface area contributed by atoms with Crippen molar-refractivity contribution in [1.29, 1.82) is 0 Å². The van der Waals surface area contributed by atoms with Crippen LogP contribution in [0.1, 0.15) is 37.0 Å². The Bertz CT molecular complexity index is 759. The summed E-state index contributed by atoms with van der Waals surface area (Å²) in [7, 11) is 1.75. The highest BCUT2D eigenvalue weighted by Gasteiger charge is 2.15. The zero-order chi connectivity index (χ0) is 18.5. The van der Waals surface area contributed by atoms with E-state index >= 15 is 0 Å². The van der Waals surface area contributed by atoms with Crippen molar-refractivity contribution in [3.05, 3.63) is 35.5 Å². The van der Waals surface area contributed by atoms with E-state index in [1.165, 1.54) is 0 Å². The van der Waals surface area contributed by atoms with Gasteiger partial charge in [-0.1, -0.05) is 25.1 Å². The van der Waals surface area contributed by atoms with Crippen LogP contribution in [0.25, 0.3) is 0 Å². The van der Waals surface area contributed by atoms with Crippen LogP contribution in [-0.4, -0.2) is 47.9 Å². The summed E-state index contributed by atoms with van der Waals surface area (Å²) in [6.07, 6.45) is 0.503. The number of nitrogens with zero attached hydrogens (tertiary/aromatic N) is 3. The van der Waals surface area contributed by atoms with E-state index in [1.807, 2.05) is 32.0 Å². The fraction of sp³-hybridized carbons (Fsp3) is 0.500. The molecule has 8 nitrogen and oxygen atoms in total. The maximum atomic E-state index is 12.2. The first-order valence-corrected chi connectivity index (χ1v) is 8.73. The number of ether oxygens (including phenoxy) is 2. The Kier molecular flexibility index (Phi) is 5.60. The Balaban J connectivity index is 1.47. The number of nitrogens with one attached hydrogen (secondary N) is 1. The van der Waals surface area contributed by atoms with Crippen LogP contribution in [0, 0.1) is 0 Å². The van der Waals surface area contributed by atoms with Gasteiger partial charge in [-0.3, -0.25) is 0 Å². The standard InChI is InChI=1S/C18H24N4O4/c1-12(2)17-20-16(26-21-17)6-7-19-18(23)22(3)11-13-4-5-14-15(10-13)25-9-8-24-14/h4-5,10,12H,6-9,11H2,1-3H3,(H,19,23). The third-order valence-corrected chi connectivity index (χ3v) is 3.99. The minimum atomic E-state index is -0.163. The minimum Gasteiger partial charge on any atom is -0.486 e. The van der Waals surface area contributed by atoms with E-state index in [-0.39, 0.29) is 11.9 Å². The van der Waals surface area contributed by atoms with Gasteiger partial charge in [0.25, 0.3) is 0 Å². The molecule has 2 amide bonds. The van der Waals surface area contributed by atoms with Crippen molar-refractivity contribution in [2.45, 2.75) is 32.7 Å². The molecule has 0 saturated heterocycles. The maximum Gasteiger partial charge on any atom is 0.317 e. The van der Waals surface area contributed by atoms with Crippen LogP contribution in [0.3, 0.4) is 0 Å². The lowest BCUT2D eigenvalue weighted by molar-refractivity contribution is 0.171. The molecule has 1 aliphatic rings. The molecule has 0 unspecified atom stereocenters. The van der Waals surface area contributed by atoms with Gasteiger partial charge in [-0.25, -0.2) is 4.79 Å². The first kappa shape index (κ1) is 18.0. The predicted molar refractivity (Wildman–Crippen MR) is 94.4 cm³/mol. The second kappa shape index (κ2) is 8.07. The summed E-state index contributed by atoms with van der Waals surface area (Å²) in [6, 6.07) is 5.55. The van der Waals surface area contributed by atoms with E-state index < -0.39 is 0 Å². The van der Waals surface area contributed by atoms with E-state index in [1.54, 1.807) is 11.9 Å². The van der Waals surface area contributed by atoms with Crippen molar-refractivity contribution in [3.8, 4) is 11.5 Å². The number of hydrogen-bond acceptors (Lipinski definition) is 6. The predicted octanol–water partition coefficient (Wildman–Crippen LogP) is 2.35. The molecule has 3 rings (SSSR count). The number of fused-ring (bicyclic) bond motifs is 1. The molecular weight excluding hydrogens is 336 g/mol. The fourth-order valence-electron chi connectivity index (χ4n) is 2.55. The minimum absolute atomic E-state index is 0.163. The molecule has 1 N–H and O–H groups in total. The van der Waals surface area contributed by atoms with Crippen LogP contribution in [0.4, 0.5) is 4.79 Å². The quantitative estimate of drug-likeness (QED) is 0.850. The van der Waals surface area contributed by atoms with Gasteiger partial charge in [0.2, 0.25) is 5.89 Å². The molecule has 2 heterocycles. The average molecular weight is 360 g/mol. The van der Waals surface area contributed by atoms with Gasteiger partial charge in [0, 0.05) is 32.5 Å². The van der Waals surface area contributed by atoms with Gasteiger partial charge in [0.1, 0.15) is 13.2 Å². The maximum absolute atomic E-state index is 12.2. The zero-order valence-corrected chi connectivity index (χ0v) is 15.3. The molecule has 1 aliphatic heterocycles. The molecule has 0 radical (unpaired) electrons. The number of benzene rings is 1. The van der Waals surface area contributed by atoms with Crippen LogP contribution in [-0.2, 0) is 13.0 Å². The molecule has 0 bridgehead atoms. The molecule has 0 aliphatic carbocycles. The van der Waals surface area contributed by atoms with Crippen LogP contribution in [0.2, 0.25) is 0 Å². The summed E-state index contributed by atoms with van der Waals surface area (Å²) in [5.41, 5.74) is 0.977. The van der Waals surface area contributed by atoms with Gasteiger partial charge in [0.05, 0.1) is 0 Å². The van der Waals surface area contributed by atoms with Gasteiger partial charge < -0.3 is 24.2 Å². The molecule has 2 aromatic rings. The first-order valence-electron chi connectivity index (χ1n) is 8.73. The molecular formula is C18H24N4O4. The first-order chi connectivity index (χ1) is 12.5. The molecule has 8 heteroatoms. The summed E-state index contributed by atoms with van der Waals surface area (Å²) < 4.78 is 16.2. The van der Waals surface area contributed by atoms with Crippen molar-refractivity contribution in [1.82, 2.24) is 20.4 Å². The molecule has 0 spiro atoms. The second-order valence-electron chi connectivity index (χ2n) is 6.52. The van der Waals surface area contributed by atoms with Crippen LogP contribution >= 0.6 is 0 Å². The summed E-state index contributed by atoms with van der Waals surface area (Å²) >= 11 is 0. The van der Waals surface area contributed by atoms with Gasteiger partial charge in [-0.2, -0.15) is 4.98 Å². The van der Waals surface area contributed by atoms with E-state index in [4.69, 9.17) is 14.0 Å². The second-order valence-corrected chi connectivity index (χ2v) is 6.52. The van der Waals surface area contributed by atoms with E-state index in [0.717, 1.165) is 17.1 Å². The molecule has 140 valence electrons. The number of aromatic nitrogens is 2.